The van der Waals surface area contributed by atoms with E-state index in [0.717, 1.165) is 22.2 Å². The van der Waals surface area contributed by atoms with E-state index in [9.17, 15) is 4.79 Å². The molecular weight excluding hydrogens is 382 g/mol. The molecule has 0 unspecified atom stereocenters. The first-order valence-corrected chi connectivity index (χ1v) is 9.26. The number of anilines is 1. The second-order valence-corrected chi connectivity index (χ2v) is 6.78. The maximum Gasteiger partial charge on any atom is 0.257 e. The molecule has 7 nitrogen and oxygen atoms in total. The molecule has 0 saturated carbocycles. The summed E-state index contributed by atoms with van der Waals surface area (Å²) in [6.45, 7) is 6.04. The molecule has 4 aromatic rings. The highest BCUT2D eigenvalue weighted by atomic mass is 16.5. The molecule has 0 aliphatic rings. The molecule has 2 N–H and O–H groups in total. The number of ether oxygens (including phenoxy) is 2. The van der Waals surface area contributed by atoms with Gasteiger partial charge in [-0.1, -0.05) is 12.6 Å². The highest BCUT2D eigenvalue weighted by molar-refractivity contribution is 5.87. The van der Waals surface area contributed by atoms with Gasteiger partial charge in [0.1, 0.15) is 6.26 Å². The Morgan fingerprint density at radius 3 is 2.60 bits per heavy atom. The molecule has 0 spiro atoms. The number of nitrogens with one attached hydrogen (secondary N) is 2. The number of hydrogen-bond acceptors (Lipinski definition) is 6. The van der Waals surface area contributed by atoms with Crippen LogP contribution in [-0.2, 0) is 0 Å². The zero-order valence-electron chi connectivity index (χ0n) is 16.9. The monoisotopic (exact) mass is 403 g/mol. The lowest BCUT2D eigenvalue weighted by Crippen LogP contribution is -2.15. The zero-order valence-corrected chi connectivity index (χ0v) is 16.9. The second-order valence-electron chi connectivity index (χ2n) is 6.78. The van der Waals surface area contributed by atoms with E-state index in [4.69, 9.17) is 13.9 Å². The molecule has 30 heavy (non-hydrogen) atoms. The smallest absolute Gasteiger partial charge is 0.257 e. The van der Waals surface area contributed by atoms with Crippen LogP contribution in [-0.4, -0.2) is 24.2 Å². The lowest BCUT2D eigenvalue weighted by atomic mass is 10.1. The van der Waals surface area contributed by atoms with Crippen LogP contribution in [0.1, 0.15) is 11.1 Å². The Bertz CT molecular complexity index is 1290. The number of methoxy groups -OCH3 is 2. The third kappa shape index (κ3) is 3.53. The molecular formula is C23H21N3O4. The number of nitrogens with zero attached hydrogens (tertiary/aromatic N) is 1. The maximum atomic E-state index is 12.7. The highest BCUT2D eigenvalue weighted by Gasteiger charge is 2.13. The maximum absolute atomic E-state index is 12.7. The molecule has 0 saturated heterocycles. The Labute approximate surface area is 173 Å². The van der Waals surface area contributed by atoms with Crippen LogP contribution in [0.5, 0.6) is 11.5 Å². The van der Waals surface area contributed by atoms with Crippen LogP contribution >= 0.6 is 0 Å². The van der Waals surface area contributed by atoms with Gasteiger partial charge in [0.2, 0.25) is 5.89 Å². The van der Waals surface area contributed by atoms with E-state index in [1.807, 2.05) is 31.2 Å². The quantitative estimate of drug-likeness (QED) is 0.489. The summed E-state index contributed by atoms with van der Waals surface area (Å²) in [6.07, 6.45) is 3.12. The van der Waals surface area contributed by atoms with E-state index in [0.29, 0.717) is 34.2 Å². The number of fused-ring (bicyclic) bond motifs is 1. The minimum atomic E-state index is -0.256. The van der Waals surface area contributed by atoms with Crippen molar-refractivity contribution in [1.29, 1.82) is 0 Å². The van der Waals surface area contributed by atoms with Gasteiger partial charge in [-0.25, -0.2) is 4.98 Å². The summed E-state index contributed by atoms with van der Waals surface area (Å²) in [5.74, 6) is 1.65. The summed E-state index contributed by atoms with van der Waals surface area (Å²) in [4.78, 5) is 19.8. The summed E-state index contributed by atoms with van der Waals surface area (Å²) >= 11 is 0. The molecule has 2 aromatic carbocycles. The van der Waals surface area contributed by atoms with Crippen molar-refractivity contribution in [3.63, 3.8) is 0 Å². The van der Waals surface area contributed by atoms with E-state index >= 15 is 0 Å². The largest absolute Gasteiger partial charge is 0.493 e. The summed E-state index contributed by atoms with van der Waals surface area (Å²) in [6, 6.07) is 11.1. The lowest BCUT2D eigenvalue weighted by Gasteiger charge is -2.14. The van der Waals surface area contributed by atoms with Gasteiger partial charge >= 0.3 is 0 Å². The number of aryl methyl sites for hydroxylation is 1. The molecule has 0 aliphatic heterocycles. The fourth-order valence-electron chi connectivity index (χ4n) is 3.24. The first-order valence-electron chi connectivity index (χ1n) is 9.26. The molecule has 0 amide bonds. The van der Waals surface area contributed by atoms with Gasteiger partial charge in [-0.15, -0.1) is 0 Å². The molecule has 0 aliphatic carbocycles. The van der Waals surface area contributed by atoms with Gasteiger partial charge in [-0.3, -0.25) is 4.79 Å². The number of aromatic nitrogens is 2. The Balaban J connectivity index is 1.71. The van der Waals surface area contributed by atoms with Crippen LogP contribution < -0.4 is 20.3 Å². The van der Waals surface area contributed by atoms with Crippen molar-refractivity contribution >= 4 is 22.3 Å². The first-order chi connectivity index (χ1) is 14.5. The van der Waals surface area contributed by atoms with E-state index in [-0.39, 0.29) is 5.56 Å². The molecule has 7 heteroatoms. The van der Waals surface area contributed by atoms with Crippen molar-refractivity contribution in [3.8, 4) is 23.0 Å². The van der Waals surface area contributed by atoms with Crippen LogP contribution in [0.2, 0.25) is 0 Å². The molecule has 0 radical (unpaired) electrons. The van der Waals surface area contributed by atoms with Gasteiger partial charge < -0.3 is 24.2 Å². The number of H-pyrrole nitrogens is 1. The number of oxazole rings is 1. The van der Waals surface area contributed by atoms with Crippen molar-refractivity contribution < 1.29 is 13.9 Å². The average Bonchev–Trinajstić information content (AvgIpc) is 3.28. The van der Waals surface area contributed by atoms with Gasteiger partial charge in [0.05, 0.1) is 31.5 Å². The van der Waals surface area contributed by atoms with Crippen molar-refractivity contribution in [1.82, 2.24) is 9.97 Å². The zero-order chi connectivity index (χ0) is 21.3. The molecule has 152 valence electrons. The van der Waals surface area contributed by atoms with Crippen LogP contribution in [0.25, 0.3) is 28.1 Å². The van der Waals surface area contributed by atoms with Crippen LogP contribution in [0.15, 0.2) is 64.6 Å². The summed E-state index contributed by atoms with van der Waals surface area (Å²) in [7, 11) is 3.12. The number of benzene rings is 2. The van der Waals surface area contributed by atoms with Crippen LogP contribution in [0, 0.1) is 6.92 Å². The summed E-state index contributed by atoms with van der Waals surface area (Å²) in [5.41, 5.74) is 3.92. The van der Waals surface area contributed by atoms with E-state index in [1.165, 1.54) is 6.26 Å². The predicted octanol–water partition coefficient (Wildman–Crippen LogP) is 4.59. The van der Waals surface area contributed by atoms with Gasteiger partial charge in [0.15, 0.2) is 11.5 Å². The fourth-order valence-corrected chi connectivity index (χ4v) is 3.24. The molecule has 2 heterocycles. The molecule has 4 rings (SSSR count). The molecule has 0 bridgehead atoms. The standard InChI is InChI=1S/C23H21N3O4/c1-13-5-6-15(23-24-7-8-30-23)10-18(13)25-14(2)17-9-16-11-20(28-3)21(29-4)12-19(16)26-22(17)27/h5-12,25H,2H2,1,3-4H3,(H,26,27). The van der Waals surface area contributed by atoms with Crippen molar-refractivity contribution in [3.05, 3.63) is 76.9 Å². The number of rotatable bonds is 6. The van der Waals surface area contributed by atoms with E-state index < -0.39 is 0 Å². The van der Waals surface area contributed by atoms with Gasteiger partial charge in [-0.05, 0) is 36.8 Å². The Morgan fingerprint density at radius 2 is 1.90 bits per heavy atom. The highest BCUT2D eigenvalue weighted by Crippen LogP contribution is 2.32. The topological polar surface area (TPSA) is 89.4 Å². The SMILES string of the molecule is C=C(Nc1cc(-c2ncco2)ccc1C)c1cc2cc(OC)c(OC)cc2[nH]c1=O. The van der Waals surface area contributed by atoms with Crippen molar-refractivity contribution in [2.75, 3.05) is 19.5 Å². The lowest BCUT2D eigenvalue weighted by molar-refractivity contribution is 0.356. The van der Waals surface area contributed by atoms with Gasteiger partial charge in [-0.2, -0.15) is 0 Å². The number of pyridine rings is 1. The number of aromatic amines is 1. The van der Waals surface area contributed by atoms with Crippen molar-refractivity contribution in [2.45, 2.75) is 6.92 Å². The van der Waals surface area contributed by atoms with Crippen molar-refractivity contribution in [2.24, 2.45) is 0 Å². The normalized spacial score (nSPS) is 10.8. The third-order valence-electron chi connectivity index (χ3n) is 4.88. The fraction of sp³-hybridized carbons (Fsp3) is 0.130. The molecule has 2 aromatic heterocycles. The van der Waals surface area contributed by atoms with Gasteiger partial charge in [0.25, 0.3) is 5.56 Å². The Hall–Kier alpha value is -4.00. The van der Waals surface area contributed by atoms with E-state index in [2.05, 4.69) is 21.9 Å². The number of hydrogen-bond donors (Lipinski definition) is 2. The third-order valence-corrected chi connectivity index (χ3v) is 4.88. The second kappa shape index (κ2) is 7.79. The Kier molecular flexibility index (Phi) is 5.02. The van der Waals surface area contributed by atoms with Crippen LogP contribution in [0.3, 0.4) is 0 Å². The van der Waals surface area contributed by atoms with E-state index in [1.54, 1.807) is 32.5 Å². The summed E-state index contributed by atoms with van der Waals surface area (Å²) < 4.78 is 16.0. The predicted molar refractivity (Wildman–Crippen MR) is 117 cm³/mol. The summed E-state index contributed by atoms with van der Waals surface area (Å²) in [5, 5.41) is 4.05. The van der Waals surface area contributed by atoms with Gasteiger partial charge in [0, 0.05) is 28.4 Å². The Morgan fingerprint density at radius 1 is 1.13 bits per heavy atom. The molecule has 0 fully saturated rings. The minimum absolute atomic E-state index is 0.256. The minimum Gasteiger partial charge on any atom is -0.493 e. The van der Waals surface area contributed by atoms with Crippen LogP contribution in [0.4, 0.5) is 5.69 Å². The average molecular weight is 403 g/mol. The first kappa shape index (κ1) is 19.3. The molecule has 0 atom stereocenters.